The average Bonchev–Trinajstić information content (AvgIpc) is 2.84. The smallest absolute Gasteiger partial charge is 0.261 e. The van der Waals surface area contributed by atoms with Crippen molar-refractivity contribution in [2.45, 2.75) is 24.7 Å². The summed E-state index contributed by atoms with van der Waals surface area (Å²) < 4.78 is 29.4. The predicted octanol–water partition coefficient (Wildman–Crippen LogP) is 6.45. The molecule has 0 amide bonds. The third-order valence-corrected chi connectivity index (χ3v) is 6.97. The first-order chi connectivity index (χ1) is 15.9. The summed E-state index contributed by atoms with van der Waals surface area (Å²) in [6, 6.07) is 34.9. The molecule has 4 aromatic carbocycles. The molecule has 4 heteroatoms. The van der Waals surface area contributed by atoms with Crippen molar-refractivity contribution in [3.05, 3.63) is 143 Å². The van der Waals surface area contributed by atoms with E-state index in [1.54, 1.807) is 24.3 Å². The molecule has 0 spiro atoms. The fourth-order valence-electron chi connectivity index (χ4n) is 3.71. The Labute approximate surface area is 196 Å². The molecule has 0 fully saturated rings. The third-order valence-electron chi connectivity index (χ3n) is 5.59. The Morgan fingerprint density at radius 3 is 1.73 bits per heavy atom. The van der Waals surface area contributed by atoms with Crippen molar-refractivity contribution in [2.75, 3.05) is 0 Å². The van der Waals surface area contributed by atoms with Gasteiger partial charge in [0.15, 0.2) is 0 Å². The molecule has 0 aliphatic carbocycles. The highest BCUT2D eigenvalue weighted by Gasteiger charge is 2.19. The zero-order valence-corrected chi connectivity index (χ0v) is 19.6. The SMILES string of the molecule is Cc1ccc(C(/C=C(\NS(=O)(=O)c2ccc(C)cc2)c2ccccc2)c2ccccc2)cc1. The predicted molar refractivity (Wildman–Crippen MR) is 135 cm³/mol. The maximum atomic E-state index is 13.3. The van der Waals surface area contributed by atoms with Gasteiger partial charge in [-0.1, -0.05) is 108 Å². The minimum Gasteiger partial charge on any atom is -0.279 e. The Hall–Kier alpha value is -3.63. The Kier molecular flexibility index (Phi) is 6.76. The van der Waals surface area contributed by atoms with E-state index in [2.05, 4.69) is 48.0 Å². The molecule has 0 aromatic heterocycles. The van der Waals surface area contributed by atoms with Crippen molar-refractivity contribution in [2.24, 2.45) is 0 Å². The van der Waals surface area contributed by atoms with Gasteiger partial charge in [-0.05, 0) is 48.7 Å². The van der Waals surface area contributed by atoms with E-state index in [9.17, 15) is 8.42 Å². The molecule has 4 aromatic rings. The summed E-state index contributed by atoms with van der Waals surface area (Å²) in [5.41, 5.74) is 5.72. The first-order valence-corrected chi connectivity index (χ1v) is 12.4. The molecule has 1 unspecified atom stereocenters. The Morgan fingerprint density at radius 1 is 0.667 bits per heavy atom. The largest absolute Gasteiger partial charge is 0.279 e. The summed E-state index contributed by atoms with van der Waals surface area (Å²) in [5, 5.41) is 0. The van der Waals surface area contributed by atoms with Crippen LogP contribution in [0.4, 0.5) is 0 Å². The first kappa shape index (κ1) is 22.6. The fraction of sp³-hybridized carbons (Fsp3) is 0.103. The van der Waals surface area contributed by atoms with Crippen LogP contribution in [0, 0.1) is 13.8 Å². The highest BCUT2D eigenvalue weighted by atomic mass is 32.2. The van der Waals surface area contributed by atoms with Crippen molar-refractivity contribution in [3.8, 4) is 0 Å². The minimum absolute atomic E-state index is 0.122. The number of hydrogen-bond donors (Lipinski definition) is 1. The monoisotopic (exact) mass is 453 g/mol. The lowest BCUT2D eigenvalue weighted by molar-refractivity contribution is 0.591. The van der Waals surface area contributed by atoms with Crippen molar-refractivity contribution in [3.63, 3.8) is 0 Å². The molecule has 33 heavy (non-hydrogen) atoms. The summed E-state index contributed by atoms with van der Waals surface area (Å²) in [4.78, 5) is 0.238. The highest BCUT2D eigenvalue weighted by molar-refractivity contribution is 7.89. The number of aryl methyl sites for hydroxylation is 2. The van der Waals surface area contributed by atoms with Gasteiger partial charge in [0, 0.05) is 5.92 Å². The van der Waals surface area contributed by atoms with Gasteiger partial charge in [-0.2, -0.15) is 0 Å². The van der Waals surface area contributed by atoms with Gasteiger partial charge in [0.2, 0.25) is 0 Å². The average molecular weight is 454 g/mol. The van der Waals surface area contributed by atoms with E-state index in [1.807, 2.05) is 61.5 Å². The van der Waals surface area contributed by atoms with E-state index in [-0.39, 0.29) is 10.8 Å². The van der Waals surface area contributed by atoms with Gasteiger partial charge in [-0.15, -0.1) is 0 Å². The zero-order chi connectivity index (χ0) is 23.3. The van der Waals surface area contributed by atoms with Crippen LogP contribution in [0.15, 0.2) is 120 Å². The first-order valence-electron chi connectivity index (χ1n) is 10.9. The quantitative estimate of drug-likeness (QED) is 0.349. The third kappa shape index (κ3) is 5.60. The van der Waals surface area contributed by atoms with Crippen LogP contribution in [0.2, 0.25) is 0 Å². The van der Waals surface area contributed by atoms with E-state index in [4.69, 9.17) is 0 Å². The van der Waals surface area contributed by atoms with Gasteiger partial charge < -0.3 is 0 Å². The van der Waals surface area contributed by atoms with Crippen LogP contribution in [0.25, 0.3) is 5.70 Å². The number of sulfonamides is 1. The summed E-state index contributed by atoms with van der Waals surface area (Å²) in [7, 11) is -3.76. The van der Waals surface area contributed by atoms with Gasteiger partial charge in [0.1, 0.15) is 0 Å². The van der Waals surface area contributed by atoms with Gasteiger partial charge in [0.05, 0.1) is 10.6 Å². The number of hydrogen-bond acceptors (Lipinski definition) is 2. The van der Waals surface area contributed by atoms with E-state index >= 15 is 0 Å². The summed E-state index contributed by atoms with van der Waals surface area (Å²) in [5.74, 6) is -0.122. The molecule has 0 aliphatic rings. The molecule has 0 radical (unpaired) electrons. The molecule has 3 nitrogen and oxygen atoms in total. The van der Waals surface area contributed by atoms with E-state index < -0.39 is 10.0 Å². The lowest BCUT2D eigenvalue weighted by Gasteiger charge is -2.19. The maximum Gasteiger partial charge on any atom is 0.261 e. The molecular formula is C29H27NO2S. The van der Waals surface area contributed by atoms with Crippen LogP contribution in [0.3, 0.4) is 0 Å². The molecule has 4 rings (SSSR count). The van der Waals surface area contributed by atoms with E-state index in [0.717, 1.165) is 22.3 Å². The lowest BCUT2D eigenvalue weighted by Crippen LogP contribution is -2.23. The number of nitrogens with one attached hydrogen (secondary N) is 1. The minimum atomic E-state index is -3.76. The van der Waals surface area contributed by atoms with E-state index in [1.165, 1.54) is 5.56 Å². The van der Waals surface area contributed by atoms with Gasteiger partial charge >= 0.3 is 0 Å². The molecule has 0 aliphatic heterocycles. The zero-order valence-electron chi connectivity index (χ0n) is 18.8. The number of benzene rings is 4. The summed E-state index contributed by atoms with van der Waals surface area (Å²) >= 11 is 0. The lowest BCUT2D eigenvalue weighted by atomic mass is 9.89. The van der Waals surface area contributed by atoms with Crippen molar-refractivity contribution in [1.29, 1.82) is 0 Å². The molecule has 0 heterocycles. The van der Waals surface area contributed by atoms with Crippen molar-refractivity contribution < 1.29 is 8.42 Å². The molecule has 0 bridgehead atoms. The fourth-order valence-corrected chi connectivity index (χ4v) is 4.80. The summed E-state index contributed by atoms with van der Waals surface area (Å²) in [6.07, 6.45) is 2.00. The van der Waals surface area contributed by atoms with Gasteiger partial charge in [-0.25, -0.2) is 8.42 Å². The Balaban J connectivity index is 1.83. The summed E-state index contributed by atoms with van der Waals surface area (Å²) in [6.45, 7) is 3.99. The van der Waals surface area contributed by atoms with Crippen LogP contribution in [-0.2, 0) is 10.0 Å². The molecule has 166 valence electrons. The second kappa shape index (κ2) is 9.88. The van der Waals surface area contributed by atoms with Crippen molar-refractivity contribution in [1.82, 2.24) is 4.72 Å². The standard InChI is InChI=1S/C29H27NO2S/c1-22-13-17-25(18-14-22)28(24-9-5-3-6-10-24)21-29(26-11-7-4-8-12-26)30-33(31,32)27-19-15-23(2)16-20-27/h3-21,28,30H,1-2H3/b29-21-. The Morgan fingerprint density at radius 2 is 1.15 bits per heavy atom. The van der Waals surface area contributed by atoms with Gasteiger partial charge in [-0.3, -0.25) is 4.72 Å². The molecule has 1 atom stereocenters. The molecule has 0 saturated heterocycles. The maximum absolute atomic E-state index is 13.3. The normalized spacial score (nSPS) is 12.8. The van der Waals surface area contributed by atoms with Crippen LogP contribution >= 0.6 is 0 Å². The van der Waals surface area contributed by atoms with E-state index in [0.29, 0.717) is 5.70 Å². The topological polar surface area (TPSA) is 46.2 Å². The Bertz CT molecular complexity index is 1330. The number of allylic oxidation sites excluding steroid dienone is 1. The second-order valence-corrected chi connectivity index (χ2v) is 9.85. The van der Waals surface area contributed by atoms with Crippen LogP contribution in [0.1, 0.15) is 33.7 Å². The van der Waals surface area contributed by atoms with Crippen molar-refractivity contribution >= 4 is 15.7 Å². The number of rotatable bonds is 7. The molecule has 0 saturated carbocycles. The van der Waals surface area contributed by atoms with Crippen LogP contribution in [0.5, 0.6) is 0 Å². The molecule has 1 N–H and O–H groups in total. The highest BCUT2D eigenvalue weighted by Crippen LogP contribution is 2.30. The molecular weight excluding hydrogens is 426 g/mol. The second-order valence-electron chi connectivity index (χ2n) is 8.16. The van der Waals surface area contributed by atoms with Crippen LogP contribution < -0.4 is 4.72 Å². The van der Waals surface area contributed by atoms with Gasteiger partial charge in [0.25, 0.3) is 10.0 Å². The van der Waals surface area contributed by atoms with Crippen LogP contribution in [-0.4, -0.2) is 8.42 Å².